The van der Waals surface area contributed by atoms with Crippen LogP contribution >= 0.6 is 46.4 Å². The van der Waals surface area contributed by atoms with Crippen molar-refractivity contribution in [2.24, 2.45) is 0 Å². The normalized spacial score (nSPS) is 24.9. The van der Waals surface area contributed by atoms with Gasteiger partial charge >= 0.3 is 0 Å². The molecular weight excluding hydrogens is 330 g/mol. The van der Waals surface area contributed by atoms with Crippen molar-refractivity contribution >= 4 is 58.2 Å². The predicted molar refractivity (Wildman–Crippen MR) is 66.4 cm³/mol. The van der Waals surface area contributed by atoms with Crippen LogP contribution in [0.25, 0.3) is 0 Å². The molecule has 2 N–H and O–H groups in total. The van der Waals surface area contributed by atoms with Gasteiger partial charge in [-0.05, 0) is 0 Å². The van der Waals surface area contributed by atoms with Crippen LogP contribution in [0.1, 0.15) is 0 Å². The van der Waals surface area contributed by atoms with E-state index in [0.717, 1.165) is 9.80 Å². The Labute approximate surface area is 123 Å². The van der Waals surface area contributed by atoms with Gasteiger partial charge in [0, 0.05) is 0 Å². The monoisotopic (exact) mass is 338 g/mol. The summed E-state index contributed by atoms with van der Waals surface area (Å²) >= 11 is 21.5. The standard InChI is InChI=1S/C8H10Cl4N2O4/c9-5(10)7(17)13-1-3(15)14(2-4(13)16)8(18)6(11)12/h3-6,15-16H,1-2H2. The lowest BCUT2D eigenvalue weighted by molar-refractivity contribution is -0.174. The van der Waals surface area contributed by atoms with Crippen LogP contribution in [0.3, 0.4) is 0 Å². The highest BCUT2D eigenvalue weighted by molar-refractivity contribution is 6.54. The lowest BCUT2D eigenvalue weighted by atomic mass is 10.2. The van der Waals surface area contributed by atoms with Gasteiger partial charge in [0.1, 0.15) is 12.5 Å². The highest BCUT2D eigenvalue weighted by Crippen LogP contribution is 2.19. The third-order valence-electron chi connectivity index (χ3n) is 2.38. The molecule has 10 heteroatoms. The summed E-state index contributed by atoms with van der Waals surface area (Å²) in [5, 5.41) is 19.4. The van der Waals surface area contributed by atoms with E-state index < -0.39 is 33.9 Å². The van der Waals surface area contributed by atoms with Crippen molar-refractivity contribution in [1.29, 1.82) is 0 Å². The molecule has 1 rings (SSSR count). The minimum absolute atomic E-state index is 0.331. The lowest BCUT2D eigenvalue weighted by Crippen LogP contribution is -2.62. The molecule has 0 radical (unpaired) electrons. The molecule has 1 heterocycles. The molecule has 0 aromatic carbocycles. The molecule has 0 bridgehead atoms. The summed E-state index contributed by atoms with van der Waals surface area (Å²) in [6.45, 7) is -0.662. The van der Waals surface area contributed by atoms with E-state index >= 15 is 0 Å². The second-order valence-corrected chi connectivity index (χ2v) is 5.74. The third kappa shape index (κ3) is 3.53. The van der Waals surface area contributed by atoms with E-state index in [2.05, 4.69) is 0 Å². The maximum absolute atomic E-state index is 11.5. The van der Waals surface area contributed by atoms with E-state index in [0.29, 0.717) is 0 Å². The Morgan fingerprint density at radius 1 is 0.889 bits per heavy atom. The first-order valence-corrected chi connectivity index (χ1v) is 6.53. The molecule has 1 saturated heterocycles. The minimum Gasteiger partial charge on any atom is -0.372 e. The number of hydrogen-bond acceptors (Lipinski definition) is 4. The number of β-amino-alcohol motifs (C(OH)–C–C–N with tert-alkyl or cyclic N) is 2. The Morgan fingerprint density at radius 3 is 1.39 bits per heavy atom. The van der Waals surface area contributed by atoms with Crippen LogP contribution in [-0.4, -0.2) is 67.0 Å². The molecule has 2 atom stereocenters. The number of halogens is 4. The number of aliphatic hydroxyl groups excluding tert-OH is 2. The summed E-state index contributed by atoms with van der Waals surface area (Å²) in [4.78, 5) is 22.0. The number of rotatable bonds is 2. The fourth-order valence-corrected chi connectivity index (χ4v) is 2.02. The minimum atomic E-state index is -1.36. The van der Waals surface area contributed by atoms with Crippen LogP contribution < -0.4 is 0 Å². The maximum Gasteiger partial charge on any atom is 0.258 e. The van der Waals surface area contributed by atoms with Crippen molar-refractivity contribution in [3.8, 4) is 0 Å². The van der Waals surface area contributed by atoms with Gasteiger partial charge in [0.15, 0.2) is 9.67 Å². The number of amides is 2. The second kappa shape index (κ2) is 6.45. The predicted octanol–water partition coefficient (Wildman–Crippen LogP) is -0.0986. The lowest BCUT2D eigenvalue weighted by Gasteiger charge is -2.42. The fourth-order valence-electron chi connectivity index (χ4n) is 1.52. The smallest absolute Gasteiger partial charge is 0.258 e. The zero-order valence-electron chi connectivity index (χ0n) is 8.84. The summed E-state index contributed by atoms with van der Waals surface area (Å²) in [5.41, 5.74) is 0. The summed E-state index contributed by atoms with van der Waals surface area (Å²) in [6, 6.07) is 0. The number of alkyl halides is 4. The first-order valence-electron chi connectivity index (χ1n) is 4.79. The van der Waals surface area contributed by atoms with Gasteiger partial charge < -0.3 is 20.0 Å². The molecular formula is C8H10Cl4N2O4. The fraction of sp³-hybridized carbons (Fsp3) is 0.750. The van der Waals surface area contributed by atoms with Crippen molar-refractivity contribution in [2.75, 3.05) is 13.1 Å². The van der Waals surface area contributed by atoms with Gasteiger partial charge in [-0.2, -0.15) is 0 Å². The summed E-state index contributed by atoms with van der Waals surface area (Å²) < 4.78 is 0. The van der Waals surface area contributed by atoms with Crippen molar-refractivity contribution in [1.82, 2.24) is 9.80 Å². The highest BCUT2D eigenvalue weighted by Gasteiger charge is 2.39. The molecule has 2 unspecified atom stereocenters. The maximum atomic E-state index is 11.5. The number of hydrogen-bond donors (Lipinski definition) is 2. The Morgan fingerprint density at radius 2 is 1.17 bits per heavy atom. The number of piperazine rings is 1. The Kier molecular flexibility index (Phi) is 5.76. The highest BCUT2D eigenvalue weighted by atomic mass is 35.5. The van der Waals surface area contributed by atoms with Crippen molar-refractivity contribution in [3.05, 3.63) is 0 Å². The molecule has 18 heavy (non-hydrogen) atoms. The van der Waals surface area contributed by atoms with Gasteiger partial charge in [0.05, 0.1) is 13.1 Å². The van der Waals surface area contributed by atoms with Gasteiger partial charge in [-0.25, -0.2) is 0 Å². The average molecular weight is 340 g/mol. The summed E-state index contributed by atoms with van der Waals surface area (Å²) in [5.74, 6) is -1.52. The molecule has 0 spiro atoms. The molecule has 1 aliphatic heterocycles. The molecule has 1 aliphatic rings. The quantitative estimate of drug-likeness (QED) is 0.688. The Balaban J connectivity index is 2.76. The van der Waals surface area contributed by atoms with Crippen LogP contribution in [0.15, 0.2) is 0 Å². The SMILES string of the molecule is O=C(C(Cl)Cl)N1CC(O)N(C(=O)C(Cl)Cl)CC1O. The molecule has 0 saturated carbocycles. The molecule has 0 aromatic rings. The first kappa shape index (κ1) is 16.1. The van der Waals surface area contributed by atoms with E-state index in [1.54, 1.807) is 0 Å². The number of nitrogens with zero attached hydrogens (tertiary/aromatic N) is 2. The van der Waals surface area contributed by atoms with Gasteiger partial charge in [0.2, 0.25) is 0 Å². The zero-order chi connectivity index (χ0) is 14.0. The number of carbonyl (C=O) groups excluding carboxylic acids is 2. The van der Waals surface area contributed by atoms with Crippen LogP contribution in [0.4, 0.5) is 0 Å². The topological polar surface area (TPSA) is 81.1 Å². The third-order valence-corrected chi connectivity index (χ3v) is 3.13. The Bertz CT molecular complexity index is 309. The van der Waals surface area contributed by atoms with Crippen molar-refractivity contribution < 1.29 is 19.8 Å². The Hall–Kier alpha value is 0.0200. The number of carbonyl (C=O) groups is 2. The summed E-state index contributed by atoms with van der Waals surface area (Å²) in [6.07, 6.45) is -2.67. The molecule has 104 valence electrons. The zero-order valence-corrected chi connectivity index (χ0v) is 11.9. The van der Waals surface area contributed by atoms with Crippen LogP contribution in [0.2, 0.25) is 0 Å². The largest absolute Gasteiger partial charge is 0.372 e. The molecule has 0 aliphatic carbocycles. The van der Waals surface area contributed by atoms with Gasteiger partial charge in [0.25, 0.3) is 11.8 Å². The van der Waals surface area contributed by atoms with Crippen molar-refractivity contribution in [2.45, 2.75) is 22.1 Å². The second-order valence-electron chi connectivity index (χ2n) is 3.54. The van der Waals surface area contributed by atoms with Crippen LogP contribution in [-0.2, 0) is 9.59 Å². The first-order chi connectivity index (χ1) is 8.25. The van der Waals surface area contributed by atoms with Crippen molar-refractivity contribution in [3.63, 3.8) is 0 Å². The summed E-state index contributed by atoms with van der Waals surface area (Å²) in [7, 11) is 0. The van der Waals surface area contributed by atoms with E-state index in [9.17, 15) is 19.8 Å². The van der Waals surface area contributed by atoms with Gasteiger partial charge in [-0.1, -0.05) is 46.4 Å². The van der Waals surface area contributed by atoms with Crippen LogP contribution in [0.5, 0.6) is 0 Å². The van der Waals surface area contributed by atoms with Gasteiger partial charge in [-0.3, -0.25) is 9.59 Å². The molecule has 2 amide bonds. The molecule has 1 fully saturated rings. The van der Waals surface area contributed by atoms with E-state index in [-0.39, 0.29) is 13.1 Å². The molecule has 0 aromatic heterocycles. The van der Waals surface area contributed by atoms with Crippen LogP contribution in [0, 0.1) is 0 Å². The van der Waals surface area contributed by atoms with E-state index in [1.807, 2.05) is 0 Å². The van der Waals surface area contributed by atoms with Gasteiger partial charge in [-0.15, -0.1) is 0 Å². The van der Waals surface area contributed by atoms with E-state index in [4.69, 9.17) is 46.4 Å². The average Bonchev–Trinajstić information content (AvgIpc) is 2.29. The number of aliphatic hydroxyl groups is 2. The molecule has 6 nitrogen and oxygen atoms in total. The van der Waals surface area contributed by atoms with E-state index in [1.165, 1.54) is 0 Å².